The van der Waals surface area contributed by atoms with E-state index in [0.29, 0.717) is 6.04 Å². The Morgan fingerprint density at radius 2 is 2.50 bits per heavy atom. The second kappa shape index (κ2) is 2.81. The van der Waals surface area contributed by atoms with Crippen molar-refractivity contribution in [2.75, 3.05) is 0 Å². The molecule has 1 heterocycles. The molecule has 0 aliphatic heterocycles. The topological polar surface area (TPSA) is 30.2 Å². The van der Waals surface area contributed by atoms with Crippen LogP contribution in [0.25, 0.3) is 0 Å². The van der Waals surface area contributed by atoms with Gasteiger partial charge in [0, 0.05) is 6.07 Å². The van der Waals surface area contributed by atoms with Crippen molar-refractivity contribution in [3.63, 3.8) is 0 Å². The minimum absolute atomic E-state index is 0.556. The molecule has 1 saturated carbocycles. The molecule has 1 aliphatic carbocycles. The number of aryl methyl sites for hydroxylation is 1. The lowest BCUT2D eigenvalue weighted by molar-refractivity contribution is 0.640. The van der Waals surface area contributed by atoms with Crippen LogP contribution in [-0.2, 0) is 0 Å². The van der Waals surface area contributed by atoms with Gasteiger partial charge >= 0.3 is 0 Å². The summed E-state index contributed by atoms with van der Waals surface area (Å²) >= 11 is 4.55. The molecule has 0 saturated heterocycles. The summed E-state index contributed by atoms with van der Waals surface area (Å²) in [5, 5.41) is 6.70. The van der Waals surface area contributed by atoms with E-state index in [1.54, 1.807) is 0 Å². The van der Waals surface area contributed by atoms with Gasteiger partial charge < -0.3 is 0 Å². The molecule has 1 aromatic heterocycles. The minimum atomic E-state index is 0.556. The summed E-state index contributed by atoms with van der Waals surface area (Å²) in [4.78, 5) is 3.95. The van der Waals surface area contributed by atoms with Gasteiger partial charge in [0.15, 0.2) is 5.82 Å². The molecule has 62 valence electrons. The zero-order valence-corrected chi connectivity index (χ0v) is 7.64. The molecule has 0 amide bonds. The summed E-state index contributed by atoms with van der Waals surface area (Å²) in [5.74, 6) is 0.838. The maximum atomic E-state index is 4.55. The first-order valence-electron chi connectivity index (χ1n) is 3.95. The van der Waals surface area contributed by atoms with Gasteiger partial charge in [-0.05, 0) is 32.0 Å². The third kappa shape index (κ3) is 1.31. The number of nitrogens with zero attached hydrogens (tertiary/aromatic N) is 3. The molecular formula is C8H9N3S. The quantitative estimate of drug-likeness (QED) is 0.515. The number of aliphatic imine (C=N–C) groups is 1. The number of rotatable bonds is 2. The first-order valence-corrected chi connectivity index (χ1v) is 4.36. The summed E-state index contributed by atoms with van der Waals surface area (Å²) in [7, 11) is 0. The van der Waals surface area contributed by atoms with Crippen molar-refractivity contribution < 1.29 is 0 Å². The van der Waals surface area contributed by atoms with Crippen molar-refractivity contribution in [1.82, 2.24) is 9.78 Å². The van der Waals surface area contributed by atoms with Gasteiger partial charge in [-0.2, -0.15) is 10.1 Å². The molecule has 0 aromatic carbocycles. The second-order valence-corrected chi connectivity index (χ2v) is 3.21. The van der Waals surface area contributed by atoms with Crippen LogP contribution >= 0.6 is 12.2 Å². The van der Waals surface area contributed by atoms with E-state index in [4.69, 9.17) is 0 Å². The summed E-state index contributed by atoms with van der Waals surface area (Å²) in [6.07, 6.45) is 2.42. The lowest BCUT2D eigenvalue weighted by Crippen LogP contribution is -1.95. The molecule has 0 N–H and O–H groups in total. The number of isothiocyanates is 1. The highest BCUT2D eigenvalue weighted by Crippen LogP contribution is 2.37. The SMILES string of the molecule is Cc1cc(N=C=S)n(C2CC2)n1. The monoisotopic (exact) mass is 179 g/mol. The van der Waals surface area contributed by atoms with E-state index < -0.39 is 0 Å². The van der Waals surface area contributed by atoms with Crippen molar-refractivity contribution in [3.8, 4) is 0 Å². The number of thiocarbonyl (C=S) groups is 1. The van der Waals surface area contributed by atoms with Crippen LogP contribution in [0.1, 0.15) is 24.6 Å². The van der Waals surface area contributed by atoms with Crippen molar-refractivity contribution in [2.24, 2.45) is 4.99 Å². The Hall–Kier alpha value is -0.990. The minimum Gasteiger partial charge on any atom is -0.244 e. The molecule has 2 rings (SSSR count). The molecule has 4 heteroatoms. The Labute approximate surface area is 76.1 Å². The van der Waals surface area contributed by atoms with Gasteiger partial charge in [-0.1, -0.05) is 0 Å². The number of hydrogen-bond acceptors (Lipinski definition) is 3. The van der Waals surface area contributed by atoms with Gasteiger partial charge in [0.05, 0.1) is 16.9 Å². The molecule has 12 heavy (non-hydrogen) atoms. The zero-order valence-electron chi connectivity index (χ0n) is 6.82. The summed E-state index contributed by atoms with van der Waals surface area (Å²) in [5.41, 5.74) is 0.992. The summed E-state index contributed by atoms with van der Waals surface area (Å²) < 4.78 is 1.94. The van der Waals surface area contributed by atoms with Gasteiger partial charge in [-0.25, -0.2) is 4.68 Å². The Kier molecular flexibility index (Phi) is 1.79. The highest BCUT2D eigenvalue weighted by molar-refractivity contribution is 7.78. The molecule has 0 bridgehead atoms. The van der Waals surface area contributed by atoms with Gasteiger partial charge in [0.25, 0.3) is 0 Å². The lowest BCUT2D eigenvalue weighted by Gasteiger charge is -1.97. The molecule has 0 atom stereocenters. The standard InChI is InChI=1S/C8H9N3S/c1-6-4-8(9-5-12)11(10-6)7-2-3-7/h4,7H,2-3H2,1H3. The normalized spacial score (nSPS) is 15.8. The fraction of sp³-hybridized carbons (Fsp3) is 0.500. The Bertz CT molecular complexity index is 345. The summed E-state index contributed by atoms with van der Waals surface area (Å²) in [6.45, 7) is 1.96. The van der Waals surface area contributed by atoms with E-state index in [-0.39, 0.29) is 0 Å². The number of aromatic nitrogens is 2. The van der Waals surface area contributed by atoms with Crippen molar-refractivity contribution in [3.05, 3.63) is 11.8 Å². The van der Waals surface area contributed by atoms with Crippen molar-refractivity contribution in [1.29, 1.82) is 0 Å². The predicted octanol–water partition coefficient (Wildman–Crippen LogP) is 2.26. The molecule has 3 nitrogen and oxygen atoms in total. The predicted molar refractivity (Wildman–Crippen MR) is 49.9 cm³/mol. The van der Waals surface area contributed by atoms with Crippen LogP contribution in [0, 0.1) is 6.92 Å². The maximum Gasteiger partial charge on any atom is 0.161 e. The highest BCUT2D eigenvalue weighted by atomic mass is 32.1. The summed E-state index contributed by atoms with van der Waals surface area (Å²) in [6, 6.07) is 2.48. The average molecular weight is 179 g/mol. The molecule has 0 spiro atoms. The third-order valence-corrected chi connectivity index (χ3v) is 1.98. The fourth-order valence-electron chi connectivity index (χ4n) is 1.22. The molecule has 0 radical (unpaired) electrons. The molecule has 1 fully saturated rings. The van der Waals surface area contributed by atoms with Crippen LogP contribution in [-0.4, -0.2) is 14.9 Å². The van der Waals surface area contributed by atoms with E-state index >= 15 is 0 Å². The van der Waals surface area contributed by atoms with Crippen molar-refractivity contribution >= 4 is 23.2 Å². The van der Waals surface area contributed by atoms with Gasteiger partial charge in [-0.3, -0.25) is 0 Å². The zero-order chi connectivity index (χ0) is 8.55. The van der Waals surface area contributed by atoms with E-state index in [1.165, 1.54) is 12.8 Å². The van der Waals surface area contributed by atoms with Crippen LogP contribution in [0.4, 0.5) is 5.82 Å². The smallest absolute Gasteiger partial charge is 0.161 e. The van der Waals surface area contributed by atoms with Crippen molar-refractivity contribution in [2.45, 2.75) is 25.8 Å². The van der Waals surface area contributed by atoms with Crippen LogP contribution in [0.2, 0.25) is 0 Å². The fourth-order valence-corrected chi connectivity index (χ4v) is 1.31. The van der Waals surface area contributed by atoms with E-state index in [2.05, 4.69) is 27.5 Å². The molecule has 1 aliphatic rings. The Balaban J connectivity index is 2.42. The number of hydrogen-bond donors (Lipinski definition) is 0. The highest BCUT2D eigenvalue weighted by Gasteiger charge is 2.26. The van der Waals surface area contributed by atoms with Crippen LogP contribution < -0.4 is 0 Å². The van der Waals surface area contributed by atoms with Gasteiger partial charge in [-0.15, -0.1) is 0 Å². The molecular weight excluding hydrogens is 170 g/mol. The maximum absolute atomic E-state index is 4.55. The molecule has 0 unspecified atom stereocenters. The van der Waals surface area contributed by atoms with Crippen LogP contribution in [0.15, 0.2) is 11.1 Å². The third-order valence-electron chi connectivity index (χ3n) is 1.89. The second-order valence-electron chi connectivity index (χ2n) is 3.02. The van der Waals surface area contributed by atoms with Gasteiger partial charge in [0.2, 0.25) is 0 Å². The molecule has 1 aromatic rings. The Morgan fingerprint density at radius 3 is 3.08 bits per heavy atom. The largest absolute Gasteiger partial charge is 0.244 e. The average Bonchev–Trinajstić information content (AvgIpc) is 2.79. The lowest BCUT2D eigenvalue weighted by atomic mass is 10.5. The first kappa shape index (κ1) is 7.65. The van der Waals surface area contributed by atoms with E-state index in [1.807, 2.05) is 17.7 Å². The van der Waals surface area contributed by atoms with Crippen LogP contribution in [0.3, 0.4) is 0 Å². The van der Waals surface area contributed by atoms with Crippen LogP contribution in [0.5, 0.6) is 0 Å². The Morgan fingerprint density at radius 1 is 1.75 bits per heavy atom. The first-order chi connectivity index (χ1) is 5.81. The van der Waals surface area contributed by atoms with E-state index in [9.17, 15) is 0 Å². The van der Waals surface area contributed by atoms with Gasteiger partial charge in [0.1, 0.15) is 0 Å². The van der Waals surface area contributed by atoms with E-state index in [0.717, 1.165) is 11.5 Å².